The number of para-hydroxylation sites is 1. The van der Waals surface area contributed by atoms with Gasteiger partial charge in [-0.25, -0.2) is 9.36 Å². The van der Waals surface area contributed by atoms with Crippen LogP contribution in [0.4, 0.5) is 5.69 Å². The average molecular weight is 600 g/mol. The fourth-order valence-corrected chi connectivity index (χ4v) is 5.57. The highest BCUT2D eigenvalue weighted by Gasteiger charge is 2.55. The quantitative estimate of drug-likeness (QED) is 0.237. The van der Waals surface area contributed by atoms with Crippen LogP contribution in [0, 0.1) is 5.92 Å². The number of rotatable bonds is 14. The van der Waals surface area contributed by atoms with Gasteiger partial charge in [-0.2, -0.15) is 0 Å². The smallest absolute Gasteiger partial charge is 0.480 e. The summed E-state index contributed by atoms with van der Waals surface area (Å²) < 4.78 is 16.0. The van der Waals surface area contributed by atoms with Crippen molar-refractivity contribution in [2.75, 3.05) is 11.4 Å². The molecule has 0 spiro atoms. The van der Waals surface area contributed by atoms with Gasteiger partial charge in [-0.1, -0.05) is 44.2 Å². The van der Waals surface area contributed by atoms with E-state index in [0.717, 1.165) is 6.92 Å². The largest absolute Gasteiger partial charge is 0.524 e. The Morgan fingerprint density at radius 3 is 2.17 bits per heavy atom. The van der Waals surface area contributed by atoms with Gasteiger partial charge < -0.3 is 19.8 Å². The maximum Gasteiger partial charge on any atom is 0.524 e. The van der Waals surface area contributed by atoms with Gasteiger partial charge in [0.1, 0.15) is 17.3 Å². The number of aliphatic imine (C=N–C) groups is 1. The molecule has 2 aromatic rings. The van der Waals surface area contributed by atoms with E-state index in [1.807, 2.05) is 6.92 Å². The van der Waals surface area contributed by atoms with E-state index < -0.39 is 54.8 Å². The number of carboxylic acid groups (broad SMARTS) is 1. The van der Waals surface area contributed by atoms with Crippen LogP contribution in [0.3, 0.4) is 0 Å². The highest BCUT2D eigenvalue weighted by Crippen LogP contribution is 2.44. The molecule has 1 heterocycles. The zero-order chi connectivity index (χ0) is 31.1. The van der Waals surface area contributed by atoms with Crippen molar-refractivity contribution in [1.29, 1.82) is 0 Å². The normalized spacial score (nSPS) is 18.1. The SMILES string of the molecule is CCCN(C(=O)C(C(c1ccc(OP(=O)(O)O)cc1)C(NC(C)=O)C(=O)O)C1(C(=O)CC)C=CC=N1)c1ccccc1. The van der Waals surface area contributed by atoms with Gasteiger partial charge >= 0.3 is 13.8 Å². The molecule has 4 N–H and O–H groups in total. The molecule has 4 unspecified atom stereocenters. The highest BCUT2D eigenvalue weighted by atomic mass is 31.2. The predicted octanol–water partition coefficient (Wildman–Crippen LogP) is 3.25. The number of nitrogens with one attached hydrogen (secondary N) is 1. The molecule has 0 saturated heterocycles. The summed E-state index contributed by atoms with van der Waals surface area (Å²) in [5.41, 5.74) is -1.09. The number of phosphoric ester groups is 1. The molecule has 0 fully saturated rings. The second-order valence-corrected chi connectivity index (χ2v) is 10.9. The summed E-state index contributed by atoms with van der Waals surface area (Å²) in [6, 6.07) is 12.1. The number of ketones is 1. The molecule has 12 nitrogen and oxygen atoms in total. The van der Waals surface area contributed by atoms with Crippen LogP contribution in [0.25, 0.3) is 0 Å². The predicted molar refractivity (Wildman–Crippen MR) is 155 cm³/mol. The summed E-state index contributed by atoms with van der Waals surface area (Å²) in [5.74, 6) is -6.23. The molecule has 1 aliphatic heterocycles. The average Bonchev–Trinajstić information content (AvgIpc) is 3.43. The number of anilines is 1. The first kappa shape index (κ1) is 32.4. The molecule has 0 saturated carbocycles. The van der Waals surface area contributed by atoms with E-state index in [1.54, 1.807) is 37.3 Å². The van der Waals surface area contributed by atoms with E-state index in [9.17, 15) is 38.6 Å². The zero-order valence-electron chi connectivity index (χ0n) is 23.4. The van der Waals surface area contributed by atoms with Crippen molar-refractivity contribution in [2.24, 2.45) is 10.9 Å². The monoisotopic (exact) mass is 599 g/mol. The van der Waals surface area contributed by atoms with Gasteiger partial charge in [-0.15, -0.1) is 0 Å². The number of Topliss-reactive ketones (excluding diaryl/α,β-unsaturated/α-hetero) is 1. The Morgan fingerprint density at radius 2 is 1.69 bits per heavy atom. The Bertz CT molecular complexity index is 1390. The Kier molecular flexibility index (Phi) is 10.6. The third-order valence-electron chi connectivity index (χ3n) is 6.85. The van der Waals surface area contributed by atoms with Crippen molar-refractivity contribution >= 4 is 43.3 Å². The van der Waals surface area contributed by atoms with Crippen LogP contribution < -0.4 is 14.7 Å². The summed E-state index contributed by atoms with van der Waals surface area (Å²) in [4.78, 5) is 77.8. The first-order valence-corrected chi connectivity index (χ1v) is 14.9. The van der Waals surface area contributed by atoms with Crippen LogP contribution >= 0.6 is 7.82 Å². The maximum absolute atomic E-state index is 14.8. The lowest BCUT2D eigenvalue weighted by Crippen LogP contribution is -2.58. The van der Waals surface area contributed by atoms with Gasteiger partial charge in [0.15, 0.2) is 5.78 Å². The van der Waals surface area contributed by atoms with E-state index in [1.165, 1.54) is 47.5 Å². The number of carbonyl (C=O) groups is 4. The number of carboxylic acids is 1. The molecule has 0 radical (unpaired) electrons. The van der Waals surface area contributed by atoms with Crippen molar-refractivity contribution in [3.8, 4) is 5.75 Å². The van der Waals surface area contributed by atoms with Crippen molar-refractivity contribution < 1.29 is 43.2 Å². The number of phosphoric acid groups is 1. The number of carbonyl (C=O) groups excluding carboxylic acids is 3. The molecule has 224 valence electrons. The lowest BCUT2D eigenvalue weighted by atomic mass is 9.67. The Balaban J connectivity index is 2.35. The molecule has 1 aliphatic rings. The van der Waals surface area contributed by atoms with Crippen molar-refractivity contribution in [3.05, 3.63) is 72.3 Å². The maximum atomic E-state index is 14.8. The molecule has 42 heavy (non-hydrogen) atoms. The van der Waals surface area contributed by atoms with Crippen LogP contribution in [0.2, 0.25) is 0 Å². The second-order valence-electron chi connectivity index (χ2n) is 9.74. The van der Waals surface area contributed by atoms with Crippen LogP contribution in [0.1, 0.15) is 45.1 Å². The molecule has 0 aliphatic carbocycles. The second kappa shape index (κ2) is 13.7. The van der Waals surface area contributed by atoms with E-state index >= 15 is 0 Å². The number of aliphatic carboxylic acids is 1. The molecule has 13 heteroatoms. The van der Waals surface area contributed by atoms with E-state index in [2.05, 4.69) is 14.8 Å². The van der Waals surface area contributed by atoms with Gasteiger partial charge in [0, 0.05) is 37.7 Å². The fraction of sp³-hybridized carbons (Fsp3) is 0.345. The van der Waals surface area contributed by atoms with Crippen molar-refractivity contribution in [1.82, 2.24) is 5.32 Å². The van der Waals surface area contributed by atoms with E-state index in [4.69, 9.17) is 0 Å². The minimum Gasteiger partial charge on any atom is -0.480 e. The number of hydrogen-bond acceptors (Lipinski definition) is 7. The first-order chi connectivity index (χ1) is 19.8. The van der Waals surface area contributed by atoms with Gasteiger partial charge in [0.05, 0.1) is 5.92 Å². The standard InChI is InChI=1S/C29H34N3O9P/c1-4-18-32(21-10-7-6-8-11-21)27(35)25(29(23(34)5-2)16-9-17-30-29)24(26(28(36)37)31-19(3)33)20-12-14-22(15-13-20)41-42(38,39)40/h6-17,24-26H,4-5,18H2,1-3H3,(H,31,33)(H,36,37)(H2,38,39,40). The van der Waals surface area contributed by atoms with Gasteiger partial charge in [-0.3, -0.25) is 29.2 Å². The number of benzene rings is 2. The van der Waals surface area contributed by atoms with Gasteiger partial charge in [0.2, 0.25) is 11.8 Å². The summed E-state index contributed by atoms with van der Waals surface area (Å²) in [5, 5.41) is 12.8. The summed E-state index contributed by atoms with van der Waals surface area (Å²) in [7, 11) is -4.90. The van der Waals surface area contributed by atoms with E-state index in [-0.39, 0.29) is 24.3 Å². The minimum atomic E-state index is -4.90. The summed E-state index contributed by atoms with van der Waals surface area (Å²) in [6.45, 7) is 4.85. The molecular weight excluding hydrogens is 565 g/mol. The van der Waals surface area contributed by atoms with Crippen LogP contribution in [-0.4, -0.2) is 62.8 Å². The van der Waals surface area contributed by atoms with Crippen LogP contribution in [0.15, 0.2) is 71.7 Å². The summed E-state index contributed by atoms with van der Waals surface area (Å²) >= 11 is 0. The lowest BCUT2D eigenvalue weighted by molar-refractivity contribution is -0.144. The highest BCUT2D eigenvalue weighted by molar-refractivity contribution is 7.46. The lowest BCUT2D eigenvalue weighted by Gasteiger charge is -2.41. The number of hydrogen-bond donors (Lipinski definition) is 4. The number of nitrogens with zero attached hydrogens (tertiary/aromatic N) is 2. The van der Waals surface area contributed by atoms with Gasteiger partial charge in [0.25, 0.3) is 0 Å². The Hall–Kier alpha value is -4.12. The molecule has 2 aromatic carbocycles. The molecule has 2 amide bonds. The molecular formula is C29H34N3O9P. The van der Waals surface area contributed by atoms with Crippen LogP contribution in [0.5, 0.6) is 5.75 Å². The zero-order valence-corrected chi connectivity index (χ0v) is 24.3. The molecule has 4 atom stereocenters. The Morgan fingerprint density at radius 1 is 1.05 bits per heavy atom. The molecule has 3 rings (SSSR count). The fourth-order valence-electron chi connectivity index (χ4n) is 5.18. The third-order valence-corrected chi connectivity index (χ3v) is 7.29. The molecule has 0 aromatic heterocycles. The Labute approximate surface area is 243 Å². The van der Waals surface area contributed by atoms with E-state index in [0.29, 0.717) is 12.1 Å². The minimum absolute atomic E-state index is 0.0236. The van der Waals surface area contributed by atoms with Crippen molar-refractivity contribution in [3.63, 3.8) is 0 Å². The first-order valence-electron chi connectivity index (χ1n) is 13.3. The summed E-state index contributed by atoms with van der Waals surface area (Å²) in [6.07, 6.45) is 4.88. The van der Waals surface area contributed by atoms with Crippen LogP contribution in [-0.2, 0) is 23.7 Å². The molecule has 0 bridgehead atoms. The van der Waals surface area contributed by atoms with Gasteiger partial charge in [-0.05, 0) is 48.4 Å². The third kappa shape index (κ3) is 7.39. The van der Waals surface area contributed by atoms with Crippen molar-refractivity contribution in [2.45, 2.75) is 51.1 Å². The number of amides is 2. The topological polar surface area (TPSA) is 183 Å². The number of allylic oxidation sites excluding steroid dienone is 1.